The summed E-state index contributed by atoms with van der Waals surface area (Å²) in [5.74, 6) is 1.02. The third-order valence-corrected chi connectivity index (χ3v) is 4.80. The second-order valence-electron chi connectivity index (χ2n) is 6.66. The van der Waals surface area contributed by atoms with Gasteiger partial charge < -0.3 is 4.42 Å². The molecule has 0 N–H and O–H groups in total. The molecule has 0 unspecified atom stereocenters. The first-order valence-electron chi connectivity index (χ1n) is 9.02. The van der Waals surface area contributed by atoms with Gasteiger partial charge >= 0.3 is 0 Å². The van der Waals surface area contributed by atoms with Gasteiger partial charge in [-0.2, -0.15) is 5.26 Å². The molecule has 0 spiro atoms. The van der Waals surface area contributed by atoms with Crippen LogP contribution >= 0.6 is 0 Å². The standard InChI is InChI=1S/C24H16N2O3/c1-16-9-10-18(14-23(16)26(27)28)24-12-11-20(29-24)13-19(15-25)22-8-4-6-17-5-2-3-7-21(17)22/h2-14H,1H3/b19-13-. The maximum atomic E-state index is 11.2. The van der Waals surface area contributed by atoms with Crippen molar-refractivity contribution in [2.45, 2.75) is 6.92 Å². The van der Waals surface area contributed by atoms with Crippen molar-refractivity contribution in [1.29, 1.82) is 5.26 Å². The molecule has 0 radical (unpaired) electrons. The smallest absolute Gasteiger partial charge is 0.273 e. The van der Waals surface area contributed by atoms with Crippen molar-refractivity contribution >= 4 is 28.1 Å². The molecule has 0 fully saturated rings. The van der Waals surface area contributed by atoms with Crippen LogP contribution in [0.3, 0.4) is 0 Å². The first kappa shape index (κ1) is 18.2. The lowest BCUT2D eigenvalue weighted by Crippen LogP contribution is -1.91. The number of furan rings is 1. The van der Waals surface area contributed by atoms with Crippen LogP contribution in [0, 0.1) is 28.4 Å². The molecule has 0 amide bonds. The van der Waals surface area contributed by atoms with Crippen molar-refractivity contribution in [3.8, 4) is 17.4 Å². The highest BCUT2D eigenvalue weighted by atomic mass is 16.6. The van der Waals surface area contributed by atoms with Crippen LogP contribution in [0.5, 0.6) is 0 Å². The molecule has 0 bridgehead atoms. The minimum Gasteiger partial charge on any atom is -0.457 e. The number of allylic oxidation sites excluding steroid dienone is 1. The third-order valence-electron chi connectivity index (χ3n) is 4.80. The van der Waals surface area contributed by atoms with Crippen LogP contribution in [0.15, 0.2) is 77.2 Å². The molecule has 3 aromatic carbocycles. The topological polar surface area (TPSA) is 80.1 Å². The Labute approximate surface area is 167 Å². The van der Waals surface area contributed by atoms with Gasteiger partial charge in [0.15, 0.2) is 0 Å². The molecular formula is C24H16N2O3. The molecule has 5 heteroatoms. The first-order chi connectivity index (χ1) is 14.1. The average Bonchev–Trinajstić information content (AvgIpc) is 3.20. The molecule has 1 aromatic heterocycles. The quantitative estimate of drug-likeness (QED) is 0.234. The SMILES string of the molecule is Cc1ccc(-c2ccc(/C=C(/C#N)c3cccc4ccccc34)o2)cc1[N+](=O)[O-]. The number of benzene rings is 3. The lowest BCUT2D eigenvalue weighted by molar-refractivity contribution is -0.385. The predicted molar refractivity (Wildman–Crippen MR) is 113 cm³/mol. The van der Waals surface area contributed by atoms with Crippen LogP contribution in [0.2, 0.25) is 0 Å². The second-order valence-corrected chi connectivity index (χ2v) is 6.66. The summed E-state index contributed by atoms with van der Waals surface area (Å²) < 4.78 is 5.86. The highest BCUT2D eigenvalue weighted by molar-refractivity contribution is 6.01. The van der Waals surface area contributed by atoms with E-state index >= 15 is 0 Å². The summed E-state index contributed by atoms with van der Waals surface area (Å²) >= 11 is 0. The number of hydrogen-bond donors (Lipinski definition) is 0. The summed E-state index contributed by atoms with van der Waals surface area (Å²) in [5.41, 5.74) is 2.57. The summed E-state index contributed by atoms with van der Waals surface area (Å²) in [4.78, 5) is 10.8. The molecule has 4 aromatic rings. The van der Waals surface area contributed by atoms with Gasteiger partial charge in [0.2, 0.25) is 0 Å². The molecule has 140 valence electrons. The Morgan fingerprint density at radius 2 is 1.86 bits per heavy atom. The molecule has 0 aliphatic carbocycles. The zero-order valence-corrected chi connectivity index (χ0v) is 15.6. The van der Waals surface area contributed by atoms with E-state index in [9.17, 15) is 15.4 Å². The molecule has 0 aliphatic heterocycles. The van der Waals surface area contributed by atoms with Crippen LogP contribution < -0.4 is 0 Å². The van der Waals surface area contributed by atoms with Crippen molar-refractivity contribution in [3.05, 3.63) is 99.8 Å². The number of nitro groups is 1. The lowest BCUT2D eigenvalue weighted by atomic mass is 9.98. The summed E-state index contributed by atoms with van der Waals surface area (Å²) in [5, 5.41) is 22.9. The summed E-state index contributed by atoms with van der Waals surface area (Å²) in [6.07, 6.45) is 1.69. The summed E-state index contributed by atoms with van der Waals surface area (Å²) in [6, 6.07) is 24.4. The fraction of sp³-hybridized carbons (Fsp3) is 0.0417. The van der Waals surface area contributed by atoms with Gasteiger partial charge in [0.1, 0.15) is 11.5 Å². The molecule has 29 heavy (non-hydrogen) atoms. The van der Waals surface area contributed by atoms with E-state index in [-0.39, 0.29) is 5.69 Å². The molecule has 5 nitrogen and oxygen atoms in total. The molecule has 0 saturated heterocycles. The highest BCUT2D eigenvalue weighted by Gasteiger charge is 2.14. The van der Waals surface area contributed by atoms with Crippen LogP contribution in [-0.2, 0) is 0 Å². The fourth-order valence-corrected chi connectivity index (χ4v) is 3.32. The van der Waals surface area contributed by atoms with Crippen LogP contribution in [-0.4, -0.2) is 4.92 Å². The largest absolute Gasteiger partial charge is 0.457 e. The Balaban J connectivity index is 1.74. The first-order valence-corrected chi connectivity index (χ1v) is 9.02. The van der Waals surface area contributed by atoms with E-state index in [1.165, 1.54) is 6.07 Å². The normalized spacial score (nSPS) is 11.4. The molecule has 1 heterocycles. The van der Waals surface area contributed by atoms with Gasteiger partial charge in [0.25, 0.3) is 5.69 Å². The Morgan fingerprint density at radius 3 is 2.66 bits per heavy atom. The number of aryl methyl sites for hydroxylation is 1. The summed E-state index contributed by atoms with van der Waals surface area (Å²) in [7, 11) is 0. The van der Waals surface area contributed by atoms with E-state index in [1.807, 2.05) is 42.5 Å². The molecule has 0 saturated carbocycles. The van der Waals surface area contributed by atoms with E-state index in [0.29, 0.717) is 28.2 Å². The van der Waals surface area contributed by atoms with E-state index in [1.54, 1.807) is 37.3 Å². The zero-order chi connectivity index (χ0) is 20.4. The van der Waals surface area contributed by atoms with Gasteiger partial charge in [-0.25, -0.2) is 0 Å². The average molecular weight is 380 g/mol. The van der Waals surface area contributed by atoms with Crippen LogP contribution in [0.25, 0.3) is 33.7 Å². The Morgan fingerprint density at radius 1 is 1.07 bits per heavy atom. The predicted octanol–water partition coefficient (Wildman–Crippen LogP) is 6.38. The van der Waals surface area contributed by atoms with Crippen molar-refractivity contribution in [1.82, 2.24) is 0 Å². The second kappa shape index (κ2) is 7.45. The maximum Gasteiger partial charge on any atom is 0.273 e. The number of nitriles is 1. The number of fused-ring (bicyclic) bond motifs is 1. The highest BCUT2D eigenvalue weighted by Crippen LogP contribution is 2.31. The van der Waals surface area contributed by atoms with Crippen molar-refractivity contribution < 1.29 is 9.34 Å². The maximum absolute atomic E-state index is 11.2. The van der Waals surface area contributed by atoms with E-state index in [2.05, 4.69) is 6.07 Å². The number of hydrogen-bond acceptors (Lipinski definition) is 4. The Bertz CT molecular complexity index is 1300. The minimum absolute atomic E-state index is 0.0458. The molecule has 0 aliphatic rings. The zero-order valence-electron chi connectivity index (χ0n) is 15.6. The van der Waals surface area contributed by atoms with E-state index in [4.69, 9.17) is 4.42 Å². The fourth-order valence-electron chi connectivity index (χ4n) is 3.32. The van der Waals surface area contributed by atoms with E-state index in [0.717, 1.165) is 16.3 Å². The van der Waals surface area contributed by atoms with Gasteiger partial charge in [0.05, 0.1) is 16.6 Å². The Hall–Kier alpha value is -4.17. The molecule has 4 rings (SSSR count). The van der Waals surface area contributed by atoms with Crippen molar-refractivity contribution in [2.24, 2.45) is 0 Å². The molecule has 0 atom stereocenters. The van der Waals surface area contributed by atoms with Gasteiger partial charge in [-0.05, 0) is 35.9 Å². The van der Waals surface area contributed by atoms with Gasteiger partial charge in [-0.15, -0.1) is 0 Å². The van der Waals surface area contributed by atoms with Gasteiger partial charge in [-0.1, -0.05) is 54.6 Å². The monoisotopic (exact) mass is 380 g/mol. The van der Waals surface area contributed by atoms with Crippen LogP contribution in [0.1, 0.15) is 16.9 Å². The van der Waals surface area contributed by atoms with Crippen molar-refractivity contribution in [3.63, 3.8) is 0 Å². The lowest BCUT2D eigenvalue weighted by Gasteiger charge is -2.05. The minimum atomic E-state index is -0.406. The van der Waals surface area contributed by atoms with E-state index < -0.39 is 4.92 Å². The number of nitro benzene ring substituents is 1. The third kappa shape index (κ3) is 3.52. The van der Waals surface area contributed by atoms with Crippen LogP contribution in [0.4, 0.5) is 5.69 Å². The number of nitrogens with zero attached hydrogens (tertiary/aromatic N) is 2. The molecular weight excluding hydrogens is 364 g/mol. The Kier molecular flexibility index (Phi) is 4.68. The number of rotatable bonds is 4. The van der Waals surface area contributed by atoms with Gasteiger partial charge in [0, 0.05) is 22.8 Å². The van der Waals surface area contributed by atoms with Gasteiger partial charge in [-0.3, -0.25) is 10.1 Å². The summed E-state index contributed by atoms with van der Waals surface area (Å²) in [6.45, 7) is 1.70. The van der Waals surface area contributed by atoms with Crippen molar-refractivity contribution in [2.75, 3.05) is 0 Å².